The van der Waals surface area contributed by atoms with Crippen molar-refractivity contribution < 1.29 is 4.79 Å². The van der Waals surface area contributed by atoms with E-state index in [9.17, 15) is 4.79 Å². The van der Waals surface area contributed by atoms with Gasteiger partial charge in [0.1, 0.15) is 0 Å². The van der Waals surface area contributed by atoms with Crippen molar-refractivity contribution in [1.82, 2.24) is 24.6 Å². The highest BCUT2D eigenvalue weighted by atomic mass is 16.2. The molecule has 2 aliphatic heterocycles. The van der Waals surface area contributed by atoms with Crippen molar-refractivity contribution in [3.05, 3.63) is 47.5 Å². The molecule has 0 N–H and O–H groups in total. The number of hydrogen-bond acceptors (Lipinski definition) is 4. The van der Waals surface area contributed by atoms with Gasteiger partial charge in [0.2, 0.25) is 5.91 Å². The minimum atomic E-state index is 0.227. The fourth-order valence-corrected chi connectivity index (χ4v) is 4.68. The molecule has 1 amide bonds. The zero-order valence-electron chi connectivity index (χ0n) is 16.4. The normalized spacial score (nSPS) is 23.9. The zero-order valence-corrected chi connectivity index (χ0v) is 16.4. The number of rotatable bonds is 4. The lowest BCUT2D eigenvalue weighted by Crippen LogP contribution is -2.53. The van der Waals surface area contributed by atoms with Gasteiger partial charge in [0.05, 0.1) is 6.20 Å². The Labute approximate surface area is 161 Å². The van der Waals surface area contributed by atoms with Crippen molar-refractivity contribution in [3.8, 4) is 0 Å². The molecule has 1 atom stereocenters. The molecule has 0 aliphatic carbocycles. The van der Waals surface area contributed by atoms with Crippen LogP contribution in [0.1, 0.15) is 42.5 Å². The van der Waals surface area contributed by atoms with E-state index in [-0.39, 0.29) is 11.3 Å². The molecule has 2 saturated heterocycles. The molecule has 6 nitrogen and oxygen atoms in total. The molecule has 0 unspecified atom stereocenters. The molecule has 2 aromatic rings. The second-order valence-electron chi connectivity index (χ2n) is 8.30. The third kappa shape index (κ3) is 3.90. The van der Waals surface area contributed by atoms with Crippen LogP contribution in [0.4, 0.5) is 0 Å². The number of carbonyl (C=O) groups excluding carboxylic acids is 1. The third-order valence-corrected chi connectivity index (χ3v) is 6.32. The van der Waals surface area contributed by atoms with Crippen molar-refractivity contribution in [2.45, 2.75) is 45.7 Å². The fraction of sp³-hybridized carbons (Fsp3) is 0.571. The molecule has 144 valence electrons. The summed E-state index contributed by atoms with van der Waals surface area (Å²) in [5.41, 5.74) is 3.90. The van der Waals surface area contributed by atoms with Crippen LogP contribution in [0.25, 0.3) is 0 Å². The number of hydrogen-bond donors (Lipinski definition) is 0. The number of carbonyl (C=O) groups is 1. The Bertz CT molecular complexity index is 802. The van der Waals surface area contributed by atoms with Crippen LogP contribution in [0.3, 0.4) is 0 Å². The molecule has 0 bridgehead atoms. The van der Waals surface area contributed by atoms with Crippen LogP contribution in [0.15, 0.2) is 30.7 Å². The Morgan fingerprint density at radius 2 is 2.07 bits per heavy atom. The first-order valence-corrected chi connectivity index (χ1v) is 9.91. The minimum absolute atomic E-state index is 0.227. The predicted molar refractivity (Wildman–Crippen MR) is 104 cm³/mol. The summed E-state index contributed by atoms with van der Waals surface area (Å²) in [6.07, 6.45) is 9.74. The van der Waals surface area contributed by atoms with Gasteiger partial charge in [0.25, 0.3) is 0 Å². The van der Waals surface area contributed by atoms with E-state index in [1.54, 1.807) is 6.20 Å². The number of nitrogens with zero attached hydrogens (tertiary/aromatic N) is 5. The smallest absolute Gasteiger partial charge is 0.222 e. The maximum absolute atomic E-state index is 12.5. The lowest BCUT2D eigenvalue weighted by atomic mass is 9.73. The Kier molecular flexibility index (Phi) is 5.00. The number of pyridine rings is 1. The summed E-state index contributed by atoms with van der Waals surface area (Å²) in [7, 11) is 2.00. The first-order valence-electron chi connectivity index (χ1n) is 9.91. The molecule has 0 saturated carbocycles. The predicted octanol–water partition coefficient (Wildman–Crippen LogP) is 2.53. The average molecular weight is 367 g/mol. The Morgan fingerprint density at radius 1 is 1.19 bits per heavy atom. The summed E-state index contributed by atoms with van der Waals surface area (Å²) in [6, 6.07) is 4.00. The van der Waals surface area contributed by atoms with Crippen LogP contribution in [0.5, 0.6) is 0 Å². The van der Waals surface area contributed by atoms with E-state index >= 15 is 0 Å². The van der Waals surface area contributed by atoms with Crippen molar-refractivity contribution in [1.29, 1.82) is 0 Å². The highest BCUT2D eigenvalue weighted by Crippen LogP contribution is 2.39. The quantitative estimate of drug-likeness (QED) is 0.833. The summed E-state index contributed by atoms with van der Waals surface area (Å²) < 4.78 is 1.95. The maximum Gasteiger partial charge on any atom is 0.222 e. The molecule has 4 heterocycles. The summed E-state index contributed by atoms with van der Waals surface area (Å²) in [5.74, 6) is 0.282. The lowest BCUT2D eigenvalue weighted by molar-refractivity contribution is -0.140. The van der Waals surface area contributed by atoms with Gasteiger partial charge in [-0.1, -0.05) is 6.07 Å². The van der Waals surface area contributed by atoms with Crippen molar-refractivity contribution in [3.63, 3.8) is 0 Å². The van der Waals surface area contributed by atoms with Gasteiger partial charge in [-0.05, 0) is 44.4 Å². The third-order valence-electron chi connectivity index (χ3n) is 6.32. The molecule has 2 aromatic heterocycles. The maximum atomic E-state index is 12.5. The zero-order chi connectivity index (χ0) is 18.9. The fourth-order valence-electron chi connectivity index (χ4n) is 4.68. The topological polar surface area (TPSA) is 54.3 Å². The highest BCUT2D eigenvalue weighted by molar-refractivity contribution is 5.77. The SMILES string of the molecule is Cc1c(CN2CCC[C@]3(CCC(=O)N(Cc4cccnc4)C3)C2)cnn1C. The van der Waals surface area contributed by atoms with Gasteiger partial charge in [0.15, 0.2) is 0 Å². The summed E-state index contributed by atoms with van der Waals surface area (Å²) in [6.45, 7) is 6.83. The van der Waals surface area contributed by atoms with Crippen LogP contribution in [-0.2, 0) is 24.9 Å². The molecule has 0 aromatic carbocycles. The van der Waals surface area contributed by atoms with Gasteiger partial charge in [-0.25, -0.2) is 0 Å². The Morgan fingerprint density at radius 3 is 2.81 bits per heavy atom. The van der Waals surface area contributed by atoms with Gasteiger partial charge in [-0.2, -0.15) is 5.10 Å². The molecule has 4 rings (SSSR count). The van der Waals surface area contributed by atoms with Crippen molar-refractivity contribution in [2.75, 3.05) is 19.6 Å². The number of aryl methyl sites for hydroxylation is 1. The monoisotopic (exact) mass is 367 g/mol. The van der Waals surface area contributed by atoms with E-state index < -0.39 is 0 Å². The van der Waals surface area contributed by atoms with E-state index in [4.69, 9.17) is 0 Å². The molecule has 6 heteroatoms. The average Bonchev–Trinajstić information content (AvgIpc) is 2.98. The van der Waals surface area contributed by atoms with E-state index in [1.807, 2.05) is 30.2 Å². The van der Waals surface area contributed by atoms with Gasteiger partial charge in [-0.15, -0.1) is 0 Å². The number of piperidine rings is 2. The highest BCUT2D eigenvalue weighted by Gasteiger charge is 2.41. The van der Waals surface area contributed by atoms with Crippen LogP contribution < -0.4 is 0 Å². The van der Waals surface area contributed by atoms with E-state index in [0.29, 0.717) is 13.0 Å². The molecule has 2 aliphatic rings. The van der Waals surface area contributed by atoms with Gasteiger partial charge in [-0.3, -0.25) is 19.4 Å². The number of likely N-dealkylation sites (tertiary alicyclic amines) is 2. The molecule has 1 spiro atoms. The summed E-state index contributed by atoms with van der Waals surface area (Å²) in [4.78, 5) is 21.3. The van der Waals surface area contributed by atoms with Crippen LogP contribution in [0, 0.1) is 12.3 Å². The number of aromatic nitrogens is 3. The van der Waals surface area contributed by atoms with E-state index in [1.165, 1.54) is 24.1 Å². The summed E-state index contributed by atoms with van der Waals surface area (Å²) >= 11 is 0. The summed E-state index contributed by atoms with van der Waals surface area (Å²) in [5, 5.41) is 4.39. The van der Waals surface area contributed by atoms with Crippen molar-refractivity contribution in [2.24, 2.45) is 12.5 Å². The minimum Gasteiger partial charge on any atom is -0.338 e. The Hall–Kier alpha value is -2.21. The van der Waals surface area contributed by atoms with Crippen LogP contribution in [-0.4, -0.2) is 50.1 Å². The molecular formula is C21H29N5O. The Balaban J connectivity index is 1.45. The van der Waals surface area contributed by atoms with Gasteiger partial charge >= 0.3 is 0 Å². The van der Waals surface area contributed by atoms with Crippen LogP contribution in [0.2, 0.25) is 0 Å². The standard InChI is InChI=1S/C21H29N5O/c1-17-19(12-23-24(17)2)14-25-10-4-7-21(15-25)8-6-20(27)26(16-21)13-18-5-3-9-22-11-18/h3,5,9,11-12H,4,6-8,10,13-16H2,1-2H3/t21-/m0/s1. The second kappa shape index (κ2) is 7.43. The van der Waals surface area contributed by atoms with E-state index in [2.05, 4.69) is 32.9 Å². The van der Waals surface area contributed by atoms with Crippen molar-refractivity contribution >= 4 is 5.91 Å². The second-order valence-corrected chi connectivity index (χ2v) is 8.30. The molecular weight excluding hydrogens is 338 g/mol. The largest absolute Gasteiger partial charge is 0.338 e. The first kappa shape index (κ1) is 18.2. The molecule has 27 heavy (non-hydrogen) atoms. The molecule has 2 fully saturated rings. The van der Waals surface area contributed by atoms with Gasteiger partial charge in [0, 0.05) is 68.7 Å². The van der Waals surface area contributed by atoms with E-state index in [0.717, 1.165) is 38.2 Å². The number of amides is 1. The van der Waals surface area contributed by atoms with Gasteiger partial charge < -0.3 is 4.90 Å². The lowest BCUT2D eigenvalue weighted by Gasteiger charge is -2.48. The first-order chi connectivity index (χ1) is 13.0. The molecule has 0 radical (unpaired) electrons. The van der Waals surface area contributed by atoms with Crippen LogP contribution >= 0.6 is 0 Å².